The van der Waals surface area contributed by atoms with Crippen molar-refractivity contribution in [3.05, 3.63) is 59.9 Å². The molecule has 8 nitrogen and oxygen atoms in total. The highest BCUT2D eigenvalue weighted by atomic mass is 19.4. The largest absolute Gasteiger partial charge is 0.461 e. The Morgan fingerprint density at radius 1 is 1.19 bits per heavy atom. The van der Waals surface area contributed by atoms with Crippen molar-refractivity contribution < 1.29 is 26.9 Å². The Morgan fingerprint density at radius 3 is 2.78 bits per heavy atom. The van der Waals surface area contributed by atoms with Gasteiger partial charge in [0, 0.05) is 12.3 Å². The van der Waals surface area contributed by atoms with Gasteiger partial charge in [0.2, 0.25) is 5.76 Å². The van der Waals surface area contributed by atoms with Crippen LogP contribution in [0.4, 0.5) is 13.2 Å². The second kappa shape index (κ2) is 6.27. The number of nitrogens with one attached hydrogen (secondary N) is 1. The first-order valence-electron chi connectivity index (χ1n) is 7.62. The molecule has 4 aromatic heterocycles. The van der Waals surface area contributed by atoms with Crippen LogP contribution >= 0.6 is 0 Å². The van der Waals surface area contributed by atoms with E-state index in [2.05, 4.69) is 20.7 Å². The maximum atomic E-state index is 13.0. The molecule has 0 fully saturated rings. The Hall–Kier alpha value is -3.63. The van der Waals surface area contributed by atoms with Gasteiger partial charge in [0.1, 0.15) is 5.56 Å². The molecule has 4 heterocycles. The quantitative estimate of drug-likeness (QED) is 0.587. The number of hydrogen-bond acceptors (Lipinski definition) is 6. The fraction of sp³-hybridized carbons (Fsp3) is 0.125. The number of furan rings is 1. The summed E-state index contributed by atoms with van der Waals surface area (Å²) in [6.45, 7) is -0.149. The van der Waals surface area contributed by atoms with Crippen molar-refractivity contribution in [2.45, 2.75) is 12.7 Å². The Morgan fingerprint density at radius 2 is 2.04 bits per heavy atom. The molecule has 0 saturated heterocycles. The molecule has 138 valence electrons. The molecule has 0 unspecified atom stereocenters. The standard InChI is InChI=1S/C16H10F3N5O3/c17-16(18,19)9-3-1-5-24-13(21-22-14(9)24)8-20-15(25)10-7-12(27-23-10)11-4-2-6-26-11/h1-7H,8H2,(H,20,25). The van der Waals surface area contributed by atoms with Gasteiger partial charge in [-0.1, -0.05) is 5.16 Å². The van der Waals surface area contributed by atoms with E-state index < -0.39 is 17.6 Å². The average molecular weight is 377 g/mol. The molecule has 0 bridgehead atoms. The van der Waals surface area contributed by atoms with Crippen molar-refractivity contribution >= 4 is 11.6 Å². The molecule has 0 aliphatic carbocycles. The van der Waals surface area contributed by atoms with E-state index in [1.165, 1.54) is 29.0 Å². The second-order valence-electron chi connectivity index (χ2n) is 5.47. The first-order valence-corrected chi connectivity index (χ1v) is 7.62. The minimum absolute atomic E-state index is 0.00815. The number of aromatic nitrogens is 4. The maximum absolute atomic E-state index is 13.0. The van der Waals surface area contributed by atoms with Crippen molar-refractivity contribution in [2.24, 2.45) is 0 Å². The smallest absolute Gasteiger partial charge is 0.420 e. The van der Waals surface area contributed by atoms with Crippen molar-refractivity contribution in [2.75, 3.05) is 0 Å². The van der Waals surface area contributed by atoms with Crippen molar-refractivity contribution in [3.63, 3.8) is 0 Å². The summed E-state index contributed by atoms with van der Waals surface area (Å²) in [4.78, 5) is 12.2. The van der Waals surface area contributed by atoms with Crippen LogP contribution in [-0.4, -0.2) is 25.7 Å². The van der Waals surface area contributed by atoms with Crippen LogP contribution in [0.1, 0.15) is 21.9 Å². The summed E-state index contributed by atoms with van der Waals surface area (Å²) in [5.74, 6) is 0.233. The van der Waals surface area contributed by atoms with E-state index in [0.717, 1.165) is 6.07 Å². The number of rotatable bonds is 4. The Kier molecular flexibility index (Phi) is 3.90. The molecule has 4 aromatic rings. The van der Waals surface area contributed by atoms with Crippen LogP contribution in [0.15, 0.2) is 51.7 Å². The summed E-state index contributed by atoms with van der Waals surface area (Å²) < 4.78 is 50.3. The van der Waals surface area contributed by atoms with Crippen LogP contribution in [0.2, 0.25) is 0 Å². The molecule has 0 spiro atoms. The summed E-state index contributed by atoms with van der Waals surface area (Å²) >= 11 is 0. The fourth-order valence-corrected chi connectivity index (χ4v) is 2.47. The van der Waals surface area contributed by atoms with Gasteiger partial charge in [-0.2, -0.15) is 13.2 Å². The third-order valence-corrected chi connectivity index (χ3v) is 3.72. The van der Waals surface area contributed by atoms with Gasteiger partial charge >= 0.3 is 6.18 Å². The van der Waals surface area contributed by atoms with Gasteiger partial charge in [-0.25, -0.2) is 0 Å². The third-order valence-electron chi connectivity index (χ3n) is 3.72. The van der Waals surface area contributed by atoms with Crippen LogP contribution < -0.4 is 5.32 Å². The van der Waals surface area contributed by atoms with E-state index in [4.69, 9.17) is 8.94 Å². The highest BCUT2D eigenvalue weighted by molar-refractivity contribution is 5.92. The molecule has 0 aliphatic heterocycles. The van der Waals surface area contributed by atoms with E-state index in [1.807, 2.05) is 0 Å². The lowest BCUT2D eigenvalue weighted by Gasteiger charge is -2.07. The predicted octanol–water partition coefficient (Wildman–Crippen LogP) is 2.93. The Labute approximate surface area is 148 Å². The summed E-state index contributed by atoms with van der Waals surface area (Å²) in [6.07, 6.45) is -1.72. The molecule has 1 amide bonds. The van der Waals surface area contributed by atoms with Crippen LogP contribution in [-0.2, 0) is 12.7 Å². The number of fused-ring (bicyclic) bond motifs is 1. The van der Waals surface area contributed by atoms with Gasteiger partial charge < -0.3 is 14.3 Å². The number of halogens is 3. The Bertz CT molecular complexity index is 1100. The lowest BCUT2D eigenvalue weighted by Crippen LogP contribution is -2.24. The predicted molar refractivity (Wildman–Crippen MR) is 83.4 cm³/mol. The van der Waals surface area contributed by atoms with Crippen molar-refractivity contribution in [1.29, 1.82) is 0 Å². The zero-order chi connectivity index (χ0) is 19.0. The minimum Gasteiger partial charge on any atom is -0.461 e. The molecular weight excluding hydrogens is 367 g/mol. The lowest BCUT2D eigenvalue weighted by molar-refractivity contribution is -0.136. The summed E-state index contributed by atoms with van der Waals surface area (Å²) in [5.41, 5.74) is -1.25. The van der Waals surface area contributed by atoms with Gasteiger partial charge in [0.25, 0.3) is 5.91 Å². The van der Waals surface area contributed by atoms with E-state index in [1.54, 1.807) is 12.1 Å². The van der Waals surface area contributed by atoms with Crippen molar-refractivity contribution in [1.82, 2.24) is 25.1 Å². The van der Waals surface area contributed by atoms with Gasteiger partial charge in [0.15, 0.2) is 22.9 Å². The van der Waals surface area contributed by atoms with Gasteiger partial charge in [-0.15, -0.1) is 10.2 Å². The van der Waals surface area contributed by atoms with Crippen LogP contribution in [0.25, 0.3) is 17.2 Å². The maximum Gasteiger partial charge on any atom is 0.420 e. The minimum atomic E-state index is -4.56. The summed E-state index contributed by atoms with van der Waals surface area (Å²) in [7, 11) is 0. The van der Waals surface area contributed by atoms with E-state index >= 15 is 0 Å². The van der Waals surface area contributed by atoms with Crippen LogP contribution in [0.3, 0.4) is 0 Å². The van der Waals surface area contributed by atoms with Crippen LogP contribution in [0, 0.1) is 0 Å². The molecule has 0 aliphatic rings. The number of alkyl halides is 3. The fourth-order valence-electron chi connectivity index (χ4n) is 2.47. The summed E-state index contributed by atoms with van der Waals surface area (Å²) in [6, 6.07) is 6.83. The molecule has 0 saturated carbocycles. The molecule has 1 N–H and O–H groups in total. The molecule has 0 radical (unpaired) electrons. The number of amides is 1. The van der Waals surface area contributed by atoms with E-state index in [9.17, 15) is 18.0 Å². The zero-order valence-corrected chi connectivity index (χ0v) is 13.4. The SMILES string of the molecule is O=C(NCc1nnc2c(C(F)(F)F)cccn12)c1cc(-c2ccco2)on1. The van der Waals surface area contributed by atoms with Gasteiger partial charge in [-0.05, 0) is 24.3 Å². The van der Waals surface area contributed by atoms with Crippen LogP contribution in [0.5, 0.6) is 0 Å². The highest BCUT2D eigenvalue weighted by Gasteiger charge is 2.34. The Balaban J connectivity index is 1.51. The second-order valence-corrected chi connectivity index (χ2v) is 5.47. The zero-order valence-electron chi connectivity index (χ0n) is 13.4. The van der Waals surface area contributed by atoms with Gasteiger partial charge in [-0.3, -0.25) is 9.20 Å². The topological polar surface area (TPSA) is 98.5 Å². The number of carbonyl (C=O) groups excluding carboxylic acids is 1. The molecular formula is C16H10F3N5O3. The number of nitrogens with zero attached hydrogens (tertiary/aromatic N) is 4. The number of hydrogen-bond donors (Lipinski definition) is 1. The molecule has 4 rings (SSSR count). The first kappa shape index (κ1) is 16.8. The lowest BCUT2D eigenvalue weighted by atomic mass is 10.2. The number of pyridine rings is 1. The molecule has 11 heteroatoms. The van der Waals surface area contributed by atoms with Crippen molar-refractivity contribution in [3.8, 4) is 11.5 Å². The normalized spacial score (nSPS) is 11.8. The summed E-state index contributed by atoms with van der Waals surface area (Å²) in [5, 5.41) is 13.4. The molecule has 0 atom stereocenters. The first-order chi connectivity index (χ1) is 12.9. The monoisotopic (exact) mass is 377 g/mol. The molecule has 27 heavy (non-hydrogen) atoms. The van der Waals surface area contributed by atoms with E-state index in [-0.39, 0.29) is 29.5 Å². The molecule has 0 aromatic carbocycles. The highest BCUT2D eigenvalue weighted by Crippen LogP contribution is 2.31. The third kappa shape index (κ3) is 3.14. The van der Waals surface area contributed by atoms with Gasteiger partial charge in [0.05, 0.1) is 12.8 Å². The number of carbonyl (C=O) groups is 1. The average Bonchev–Trinajstić information content (AvgIpc) is 3.37. The van der Waals surface area contributed by atoms with E-state index in [0.29, 0.717) is 5.76 Å².